The summed E-state index contributed by atoms with van der Waals surface area (Å²) >= 11 is 1.64. The largest absolute Gasteiger partial charge is 0.311 e. The first kappa shape index (κ1) is 10.4. The summed E-state index contributed by atoms with van der Waals surface area (Å²) in [7, 11) is 1.97. The lowest BCUT2D eigenvalue weighted by Gasteiger charge is -2.14. The molecule has 1 aromatic rings. The second kappa shape index (κ2) is 5.14. The summed E-state index contributed by atoms with van der Waals surface area (Å²) in [6.45, 7) is 6.14. The van der Waals surface area contributed by atoms with E-state index in [1.807, 2.05) is 12.6 Å². The van der Waals surface area contributed by atoms with Gasteiger partial charge < -0.3 is 5.32 Å². The monoisotopic (exact) mass is 196 g/mol. The Morgan fingerprint density at radius 1 is 1.77 bits per heavy atom. The van der Waals surface area contributed by atoms with Crippen molar-refractivity contribution in [1.29, 1.82) is 0 Å². The third kappa shape index (κ3) is 2.94. The van der Waals surface area contributed by atoms with Crippen LogP contribution in [0.25, 0.3) is 0 Å². The first-order valence-electron chi connectivity index (χ1n) is 4.50. The minimum absolute atomic E-state index is 0.332. The van der Waals surface area contributed by atoms with Crippen molar-refractivity contribution in [3.63, 3.8) is 0 Å². The van der Waals surface area contributed by atoms with Crippen LogP contribution in [-0.4, -0.2) is 12.0 Å². The molecule has 0 bridgehead atoms. The predicted molar refractivity (Wildman–Crippen MR) is 58.0 cm³/mol. The quantitative estimate of drug-likeness (QED) is 0.732. The molecule has 0 spiro atoms. The molecule has 1 aromatic heterocycles. The van der Waals surface area contributed by atoms with E-state index in [1.165, 1.54) is 5.57 Å². The van der Waals surface area contributed by atoms with Crippen LogP contribution in [0.4, 0.5) is 0 Å². The zero-order valence-corrected chi connectivity index (χ0v) is 9.03. The minimum atomic E-state index is 0.332. The number of nitrogens with one attached hydrogen (secondary N) is 1. The van der Waals surface area contributed by atoms with Gasteiger partial charge in [0.25, 0.3) is 0 Å². The van der Waals surface area contributed by atoms with Crippen LogP contribution in [0, 0.1) is 0 Å². The lowest BCUT2D eigenvalue weighted by atomic mass is 10.0. The number of rotatable bonds is 5. The van der Waals surface area contributed by atoms with E-state index in [0.717, 1.165) is 18.5 Å². The van der Waals surface area contributed by atoms with Crippen LogP contribution in [0.3, 0.4) is 0 Å². The van der Waals surface area contributed by atoms with Crippen LogP contribution in [-0.2, 0) is 0 Å². The number of hydrogen-bond acceptors (Lipinski definition) is 3. The molecule has 13 heavy (non-hydrogen) atoms. The van der Waals surface area contributed by atoms with Crippen molar-refractivity contribution in [3.8, 4) is 0 Å². The summed E-state index contributed by atoms with van der Waals surface area (Å²) in [5.41, 5.74) is 4.27. The molecule has 0 aromatic carbocycles. The fraction of sp³-hybridized carbons (Fsp3) is 0.500. The second-order valence-electron chi connectivity index (χ2n) is 3.06. The van der Waals surface area contributed by atoms with Crippen LogP contribution in [0.2, 0.25) is 0 Å². The summed E-state index contributed by atoms with van der Waals surface area (Å²) in [4.78, 5) is 4.29. The number of hydrogen-bond donors (Lipinski definition) is 1. The van der Waals surface area contributed by atoms with E-state index in [4.69, 9.17) is 0 Å². The Labute approximate surface area is 83.7 Å². The first-order chi connectivity index (χ1) is 6.27. The molecule has 2 nitrogen and oxygen atoms in total. The third-order valence-electron chi connectivity index (χ3n) is 2.15. The molecule has 72 valence electrons. The normalized spacial score (nSPS) is 12.8. The van der Waals surface area contributed by atoms with Gasteiger partial charge in [-0.3, -0.25) is 0 Å². The van der Waals surface area contributed by atoms with E-state index in [2.05, 4.69) is 29.2 Å². The highest BCUT2D eigenvalue weighted by molar-refractivity contribution is 7.07. The predicted octanol–water partition coefficient (Wildman–Crippen LogP) is 2.76. The van der Waals surface area contributed by atoms with Crippen LogP contribution >= 0.6 is 11.3 Å². The Balaban J connectivity index is 2.58. The van der Waals surface area contributed by atoms with Gasteiger partial charge in [-0.25, -0.2) is 4.98 Å². The average molecular weight is 196 g/mol. The van der Waals surface area contributed by atoms with Gasteiger partial charge in [-0.2, -0.15) is 0 Å². The van der Waals surface area contributed by atoms with Crippen LogP contribution in [0.1, 0.15) is 31.5 Å². The molecular weight excluding hydrogens is 180 g/mol. The zero-order valence-electron chi connectivity index (χ0n) is 8.21. The van der Waals surface area contributed by atoms with Crippen molar-refractivity contribution in [3.05, 3.63) is 28.7 Å². The summed E-state index contributed by atoms with van der Waals surface area (Å²) in [5.74, 6) is 0. The van der Waals surface area contributed by atoms with E-state index >= 15 is 0 Å². The fourth-order valence-electron chi connectivity index (χ4n) is 1.18. The summed E-state index contributed by atoms with van der Waals surface area (Å²) in [6.07, 6.45) is 2.03. The van der Waals surface area contributed by atoms with Gasteiger partial charge in [-0.15, -0.1) is 11.3 Å². The van der Waals surface area contributed by atoms with Crippen LogP contribution in [0.5, 0.6) is 0 Å². The molecule has 0 fully saturated rings. The van der Waals surface area contributed by atoms with E-state index in [0.29, 0.717) is 6.04 Å². The number of aromatic nitrogens is 1. The molecule has 1 heterocycles. The van der Waals surface area contributed by atoms with Crippen molar-refractivity contribution >= 4 is 11.3 Å². The Morgan fingerprint density at radius 3 is 3.00 bits per heavy atom. The van der Waals surface area contributed by atoms with Gasteiger partial charge in [0.1, 0.15) is 0 Å². The van der Waals surface area contributed by atoms with Crippen molar-refractivity contribution in [2.75, 3.05) is 7.05 Å². The molecule has 0 saturated carbocycles. The molecule has 0 amide bonds. The van der Waals surface area contributed by atoms with Gasteiger partial charge in [0.2, 0.25) is 0 Å². The molecule has 3 heteroatoms. The maximum Gasteiger partial charge on any atom is 0.0795 e. The molecule has 1 rings (SSSR count). The summed E-state index contributed by atoms with van der Waals surface area (Å²) in [5, 5.41) is 5.34. The highest BCUT2D eigenvalue weighted by Crippen LogP contribution is 2.20. The van der Waals surface area contributed by atoms with Crippen molar-refractivity contribution < 1.29 is 0 Å². The van der Waals surface area contributed by atoms with Gasteiger partial charge in [-0.05, 0) is 19.9 Å². The summed E-state index contributed by atoms with van der Waals surface area (Å²) < 4.78 is 0. The van der Waals surface area contributed by atoms with E-state index in [-0.39, 0.29) is 0 Å². The maximum atomic E-state index is 4.29. The van der Waals surface area contributed by atoms with E-state index in [1.54, 1.807) is 11.3 Å². The van der Waals surface area contributed by atoms with Crippen LogP contribution in [0.15, 0.2) is 23.0 Å². The van der Waals surface area contributed by atoms with Gasteiger partial charge in [0.15, 0.2) is 0 Å². The molecule has 0 aliphatic heterocycles. The number of nitrogens with zero attached hydrogens (tertiary/aromatic N) is 1. The minimum Gasteiger partial charge on any atom is -0.311 e. The van der Waals surface area contributed by atoms with Gasteiger partial charge in [0.05, 0.1) is 17.2 Å². The van der Waals surface area contributed by atoms with Gasteiger partial charge >= 0.3 is 0 Å². The Morgan fingerprint density at radius 2 is 2.54 bits per heavy atom. The highest BCUT2D eigenvalue weighted by atomic mass is 32.1. The van der Waals surface area contributed by atoms with Gasteiger partial charge in [0, 0.05) is 5.38 Å². The Kier molecular flexibility index (Phi) is 4.12. The standard InChI is InChI=1S/C10H16N2S/c1-4-8(2)5-9(11-3)10-6-13-7-12-10/h6-7,9,11H,2,4-5H2,1,3H3. The van der Waals surface area contributed by atoms with Crippen molar-refractivity contribution in [2.45, 2.75) is 25.8 Å². The molecular formula is C10H16N2S. The van der Waals surface area contributed by atoms with Gasteiger partial charge in [-0.1, -0.05) is 19.1 Å². The van der Waals surface area contributed by atoms with Crippen molar-refractivity contribution in [1.82, 2.24) is 10.3 Å². The molecule has 0 radical (unpaired) electrons. The maximum absolute atomic E-state index is 4.29. The molecule has 0 aliphatic carbocycles. The Bertz CT molecular complexity index is 254. The molecule has 1 unspecified atom stereocenters. The summed E-state index contributed by atoms with van der Waals surface area (Å²) in [6, 6.07) is 0.332. The average Bonchev–Trinajstić information content (AvgIpc) is 2.66. The lowest BCUT2D eigenvalue weighted by molar-refractivity contribution is 0.570. The molecule has 1 atom stereocenters. The third-order valence-corrected chi connectivity index (χ3v) is 2.75. The van der Waals surface area contributed by atoms with Crippen molar-refractivity contribution in [2.24, 2.45) is 0 Å². The lowest BCUT2D eigenvalue weighted by Crippen LogP contribution is -2.17. The van der Waals surface area contributed by atoms with E-state index in [9.17, 15) is 0 Å². The first-order valence-corrected chi connectivity index (χ1v) is 5.44. The number of thiazole rings is 1. The smallest absolute Gasteiger partial charge is 0.0795 e. The highest BCUT2D eigenvalue weighted by Gasteiger charge is 2.11. The second-order valence-corrected chi connectivity index (χ2v) is 3.78. The molecule has 1 N–H and O–H groups in total. The zero-order chi connectivity index (χ0) is 9.68. The van der Waals surface area contributed by atoms with Crippen LogP contribution < -0.4 is 5.32 Å². The molecule has 0 saturated heterocycles. The Hall–Kier alpha value is -0.670. The van der Waals surface area contributed by atoms with E-state index < -0.39 is 0 Å². The fourth-order valence-corrected chi connectivity index (χ4v) is 1.79. The molecule has 0 aliphatic rings. The SMILES string of the molecule is C=C(CC)CC(NC)c1cscn1. The topological polar surface area (TPSA) is 24.9 Å².